The number of aromatic nitrogens is 2. The van der Waals surface area contributed by atoms with Gasteiger partial charge in [-0.25, -0.2) is 0 Å². The van der Waals surface area contributed by atoms with Crippen molar-refractivity contribution in [3.05, 3.63) is 35.7 Å². The molecule has 1 saturated carbocycles. The number of amides is 1. The first-order valence-corrected chi connectivity index (χ1v) is 9.82. The molecule has 0 bridgehead atoms. The van der Waals surface area contributed by atoms with Gasteiger partial charge in [-0.15, -0.1) is 0 Å². The number of hydrogen-bond acceptors (Lipinski definition) is 5. The molecule has 0 unspecified atom stereocenters. The SMILES string of the molecule is O=C(C(F)F)N1CCN(Cc2cccc(-c3noc(C4CCCC4)n3)c2)CC1. The maximum Gasteiger partial charge on any atom is 0.315 e. The van der Waals surface area contributed by atoms with Crippen LogP contribution in [-0.2, 0) is 11.3 Å². The van der Waals surface area contributed by atoms with E-state index in [4.69, 9.17) is 4.52 Å². The predicted octanol–water partition coefficient (Wildman–Crippen LogP) is 3.30. The fourth-order valence-corrected chi connectivity index (χ4v) is 4.02. The van der Waals surface area contributed by atoms with Crippen molar-refractivity contribution in [3.63, 3.8) is 0 Å². The Morgan fingerprint density at radius 2 is 1.93 bits per heavy atom. The topological polar surface area (TPSA) is 62.5 Å². The van der Waals surface area contributed by atoms with Crippen molar-refractivity contribution in [2.45, 2.75) is 44.6 Å². The fraction of sp³-hybridized carbons (Fsp3) is 0.550. The van der Waals surface area contributed by atoms with Crippen molar-refractivity contribution in [1.29, 1.82) is 0 Å². The van der Waals surface area contributed by atoms with E-state index in [2.05, 4.69) is 15.0 Å². The van der Waals surface area contributed by atoms with E-state index < -0.39 is 12.3 Å². The summed E-state index contributed by atoms with van der Waals surface area (Å²) >= 11 is 0. The second-order valence-corrected chi connectivity index (χ2v) is 7.54. The minimum absolute atomic E-state index is 0.332. The Morgan fingerprint density at radius 3 is 2.64 bits per heavy atom. The lowest BCUT2D eigenvalue weighted by atomic mass is 10.1. The maximum atomic E-state index is 12.5. The van der Waals surface area contributed by atoms with Crippen LogP contribution in [0.3, 0.4) is 0 Å². The molecule has 6 nitrogen and oxygen atoms in total. The second kappa shape index (κ2) is 8.34. The molecular formula is C20H24F2N4O2. The lowest BCUT2D eigenvalue weighted by molar-refractivity contribution is -0.144. The van der Waals surface area contributed by atoms with Crippen molar-refractivity contribution in [1.82, 2.24) is 19.9 Å². The van der Waals surface area contributed by atoms with Crippen molar-refractivity contribution in [2.24, 2.45) is 0 Å². The molecule has 28 heavy (non-hydrogen) atoms. The molecule has 0 N–H and O–H groups in total. The zero-order chi connectivity index (χ0) is 19.5. The van der Waals surface area contributed by atoms with Gasteiger partial charge in [-0.05, 0) is 24.5 Å². The van der Waals surface area contributed by atoms with Crippen LogP contribution >= 0.6 is 0 Å². The van der Waals surface area contributed by atoms with Gasteiger partial charge in [0.05, 0.1) is 0 Å². The summed E-state index contributed by atoms with van der Waals surface area (Å²) in [5.74, 6) is 0.655. The van der Waals surface area contributed by atoms with Gasteiger partial charge in [0, 0.05) is 44.2 Å². The first kappa shape index (κ1) is 19.0. The maximum absolute atomic E-state index is 12.5. The number of carbonyl (C=O) groups is 1. The van der Waals surface area contributed by atoms with Gasteiger partial charge >= 0.3 is 6.43 Å². The van der Waals surface area contributed by atoms with E-state index in [1.807, 2.05) is 24.3 Å². The summed E-state index contributed by atoms with van der Waals surface area (Å²) in [5, 5.41) is 4.15. The highest BCUT2D eigenvalue weighted by atomic mass is 19.3. The van der Waals surface area contributed by atoms with E-state index in [0.717, 1.165) is 29.9 Å². The molecule has 2 heterocycles. The molecule has 1 aliphatic heterocycles. The van der Waals surface area contributed by atoms with Gasteiger partial charge in [0.15, 0.2) is 0 Å². The second-order valence-electron chi connectivity index (χ2n) is 7.54. The van der Waals surface area contributed by atoms with E-state index in [-0.39, 0.29) is 0 Å². The Bertz CT molecular complexity index is 812. The van der Waals surface area contributed by atoms with Gasteiger partial charge in [-0.2, -0.15) is 13.8 Å². The summed E-state index contributed by atoms with van der Waals surface area (Å²) in [5.41, 5.74) is 2.01. The molecular weight excluding hydrogens is 366 g/mol. The van der Waals surface area contributed by atoms with Crippen LogP contribution in [0.25, 0.3) is 11.4 Å². The molecule has 1 saturated heterocycles. The molecule has 8 heteroatoms. The summed E-state index contributed by atoms with van der Waals surface area (Å²) < 4.78 is 30.6. The average Bonchev–Trinajstić information content (AvgIpc) is 3.40. The van der Waals surface area contributed by atoms with Gasteiger partial charge in [0.25, 0.3) is 5.91 Å². The zero-order valence-corrected chi connectivity index (χ0v) is 15.7. The molecule has 2 fully saturated rings. The van der Waals surface area contributed by atoms with Crippen LogP contribution in [0.1, 0.15) is 43.1 Å². The Hall–Kier alpha value is -2.35. The quantitative estimate of drug-likeness (QED) is 0.784. The van der Waals surface area contributed by atoms with Gasteiger partial charge in [0.1, 0.15) is 0 Å². The Labute approximate surface area is 162 Å². The number of rotatable bonds is 5. The number of halogens is 2. The minimum atomic E-state index is -2.92. The van der Waals surface area contributed by atoms with Crippen LogP contribution in [0, 0.1) is 0 Å². The van der Waals surface area contributed by atoms with Gasteiger partial charge in [-0.1, -0.05) is 36.2 Å². The molecule has 0 radical (unpaired) electrons. The van der Waals surface area contributed by atoms with E-state index in [0.29, 0.717) is 44.5 Å². The molecule has 0 spiro atoms. The fourth-order valence-electron chi connectivity index (χ4n) is 4.02. The van der Waals surface area contributed by atoms with Crippen molar-refractivity contribution >= 4 is 5.91 Å². The zero-order valence-electron chi connectivity index (χ0n) is 15.7. The summed E-state index contributed by atoms with van der Waals surface area (Å²) in [7, 11) is 0. The average molecular weight is 390 g/mol. The van der Waals surface area contributed by atoms with E-state index in [9.17, 15) is 13.6 Å². The summed E-state index contributed by atoms with van der Waals surface area (Å²) in [4.78, 5) is 19.4. The predicted molar refractivity (Wildman–Crippen MR) is 98.8 cm³/mol. The minimum Gasteiger partial charge on any atom is -0.339 e. The number of hydrogen-bond donors (Lipinski definition) is 0. The third kappa shape index (κ3) is 4.22. The van der Waals surface area contributed by atoms with Crippen LogP contribution < -0.4 is 0 Å². The Kier molecular flexibility index (Phi) is 5.66. The number of nitrogens with zero attached hydrogens (tertiary/aromatic N) is 4. The third-order valence-corrected chi connectivity index (χ3v) is 5.61. The first-order chi connectivity index (χ1) is 13.6. The van der Waals surface area contributed by atoms with Crippen molar-refractivity contribution in [3.8, 4) is 11.4 Å². The third-order valence-electron chi connectivity index (χ3n) is 5.61. The van der Waals surface area contributed by atoms with Gasteiger partial charge in [-0.3, -0.25) is 9.69 Å². The molecule has 2 aromatic rings. The van der Waals surface area contributed by atoms with Crippen molar-refractivity contribution in [2.75, 3.05) is 26.2 Å². The highest BCUT2D eigenvalue weighted by molar-refractivity contribution is 5.79. The first-order valence-electron chi connectivity index (χ1n) is 9.82. The summed E-state index contributed by atoms with van der Waals surface area (Å²) in [6.45, 7) is 2.52. The van der Waals surface area contributed by atoms with Crippen LogP contribution in [0.4, 0.5) is 8.78 Å². The number of piperazine rings is 1. The normalized spacial score (nSPS) is 18.9. The van der Waals surface area contributed by atoms with Crippen LogP contribution in [0.2, 0.25) is 0 Å². The number of alkyl halides is 2. The lowest BCUT2D eigenvalue weighted by Crippen LogP contribution is -2.49. The van der Waals surface area contributed by atoms with Crippen molar-refractivity contribution < 1.29 is 18.1 Å². The van der Waals surface area contributed by atoms with Gasteiger partial charge in [0.2, 0.25) is 11.7 Å². The molecule has 1 amide bonds. The summed E-state index contributed by atoms with van der Waals surface area (Å²) in [6.07, 6.45) is 1.73. The molecule has 0 atom stereocenters. The van der Waals surface area contributed by atoms with E-state index >= 15 is 0 Å². The van der Waals surface area contributed by atoms with Gasteiger partial charge < -0.3 is 9.42 Å². The molecule has 2 aliphatic rings. The molecule has 1 aromatic heterocycles. The van der Waals surface area contributed by atoms with E-state index in [1.165, 1.54) is 17.7 Å². The molecule has 150 valence electrons. The monoisotopic (exact) mass is 390 g/mol. The highest BCUT2D eigenvalue weighted by Gasteiger charge is 2.27. The highest BCUT2D eigenvalue weighted by Crippen LogP contribution is 2.34. The van der Waals surface area contributed by atoms with E-state index in [1.54, 1.807) is 0 Å². The molecule has 1 aliphatic carbocycles. The largest absolute Gasteiger partial charge is 0.339 e. The standard InChI is InChI=1S/C20H24F2N4O2/c21-17(22)20(27)26-10-8-25(9-11-26)13-14-4-3-7-16(12-14)18-23-19(28-24-18)15-5-1-2-6-15/h3-4,7,12,15,17H,1-2,5-6,8-11,13H2. The van der Waals surface area contributed by atoms with Crippen LogP contribution in [0.5, 0.6) is 0 Å². The molecule has 4 rings (SSSR count). The lowest BCUT2D eigenvalue weighted by Gasteiger charge is -2.34. The number of carbonyl (C=O) groups excluding carboxylic acids is 1. The Morgan fingerprint density at radius 1 is 1.18 bits per heavy atom. The van der Waals surface area contributed by atoms with Crippen LogP contribution in [-0.4, -0.2) is 58.5 Å². The van der Waals surface area contributed by atoms with Crippen LogP contribution in [0.15, 0.2) is 28.8 Å². The smallest absolute Gasteiger partial charge is 0.315 e. The Balaban J connectivity index is 1.37. The number of benzene rings is 1. The summed E-state index contributed by atoms with van der Waals surface area (Å²) in [6, 6.07) is 8.00. The molecule has 1 aromatic carbocycles.